The number of nitrogen functional groups attached to an aromatic ring is 1. The maximum absolute atomic E-state index is 10.6. The molecule has 0 aliphatic carbocycles. The highest BCUT2D eigenvalue weighted by atomic mass is 16.6. The second-order valence-electron chi connectivity index (χ2n) is 4.54. The van der Waals surface area contributed by atoms with Crippen molar-refractivity contribution in [3.8, 4) is 0 Å². The van der Waals surface area contributed by atoms with Crippen LogP contribution in [0.1, 0.15) is 26.7 Å². The van der Waals surface area contributed by atoms with Gasteiger partial charge in [0.1, 0.15) is 0 Å². The lowest BCUT2D eigenvalue weighted by atomic mass is 9.94. The van der Waals surface area contributed by atoms with Crippen LogP contribution in [0.25, 0.3) is 0 Å². The van der Waals surface area contributed by atoms with Crippen LogP contribution in [-0.4, -0.2) is 22.2 Å². The van der Waals surface area contributed by atoms with E-state index in [9.17, 15) is 10.1 Å². The Morgan fingerprint density at radius 1 is 1.56 bits per heavy atom. The lowest BCUT2D eigenvalue weighted by Gasteiger charge is -2.30. The van der Waals surface area contributed by atoms with Crippen LogP contribution in [-0.2, 0) is 0 Å². The number of benzene rings is 1. The molecule has 1 aromatic carbocycles. The average molecular weight is 253 g/mol. The smallest absolute Gasteiger partial charge is 0.271 e. The molecule has 1 rings (SSSR count). The van der Waals surface area contributed by atoms with E-state index in [2.05, 4.69) is 5.32 Å². The number of aliphatic hydroxyl groups is 1. The van der Waals surface area contributed by atoms with Crippen molar-refractivity contribution in [3.63, 3.8) is 0 Å². The van der Waals surface area contributed by atoms with Crippen molar-refractivity contribution >= 4 is 17.1 Å². The van der Waals surface area contributed by atoms with Crippen LogP contribution in [0, 0.1) is 10.1 Å². The first-order chi connectivity index (χ1) is 8.41. The standard InChI is InChI=1S/C12H19N3O3/c1-3-12(2,6-7-16)14-11-5-4-9(15(17)18)8-10(11)13/h4-5,8,14,16H,3,6-7,13H2,1-2H3. The fourth-order valence-electron chi connectivity index (χ4n) is 1.68. The Kier molecular flexibility index (Phi) is 4.49. The molecule has 6 nitrogen and oxygen atoms in total. The van der Waals surface area contributed by atoms with E-state index in [0.717, 1.165) is 6.42 Å². The predicted molar refractivity (Wildman–Crippen MR) is 71.5 cm³/mol. The second-order valence-corrected chi connectivity index (χ2v) is 4.54. The number of anilines is 2. The van der Waals surface area contributed by atoms with E-state index in [-0.39, 0.29) is 17.8 Å². The Morgan fingerprint density at radius 2 is 2.22 bits per heavy atom. The van der Waals surface area contributed by atoms with E-state index >= 15 is 0 Å². The van der Waals surface area contributed by atoms with E-state index < -0.39 is 4.92 Å². The Balaban J connectivity index is 2.94. The van der Waals surface area contributed by atoms with Crippen molar-refractivity contribution in [1.82, 2.24) is 0 Å². The molecule has 1 aromatic rings. The van der Waals surface area contributed by atoms with Gasteiger partial charge in [-0.15, -0.1) is 0 Å². The van der Waals surface area contributed by atoms with Gasteiger partial charge < -0.3 is 16.2 Å². The lowest BCUT2D eigenvalue weighted by Crippen LogP contribution is -2.35. The van der Waals surface area contributed by atoms with Crippen molar-refractivity contribution < 1.29 is 10.0 Å². The molecule has 0 heterocycles. The quantitative estimate of drug-likeness (QED) is 0.409. The van der Waals surface area contributed by atoms with Crippen molar-refractivity contribution in [2.75, 3.05) is 17.7 Å². The minimum atomic E-state index is -0.479. The van der Waals surface area contributed by atoms with Gasteiger partial charge in [-0.3, -0.25) is 10.1 Å². The SMILES string of the molecule is CCC(C)(CCO)Nc1ccc([N+](=O)[O-])cc1N. The van der Waals surface area contributed by atoms with Crippen LogP contribution >= 0.6 is 0 Å². The molecule has 1 atom stereocenters. The molecule has 1 unspecified atom stereocenters. The molecular weight excluding hydrogens is 234 g/mol. The Morgan fingerprint density at radius 3 is 2.67 bits per heavy atom. The molecule has 0 aliphatic rings. The number of hydrogen-bond donors (Lipinski definition) is 3. The van der Waals surface area contributed by atoms with Gasteiger partial charge in [-0.2, -0.15) is 0 Å². The van der Waals surface area contributed by atoms with Gasteiger partial charge in [-0.1, -0.05) is 6.92 Å². The molecule has 0 fully saturated rings. The van der Waals surface area contributed by atoms with Gasteiger partial charge >= 0.3 is 0 Å². The van der Waals surface area contributed by atoms with Gasteiger partial charge in [0.2, 0.25) is 0 Å². The maximum Gasteiger partial charge on any atom is 0.271 e. The highest BCUT2D eigenvalue weighted by Crippen LogP contribution is 2.29. The van der Waals surface area contributed by atoms with Gasteiger partial charge in [0.05, 0.1) is 16.3 Å². The first-order valence-corrected chi connectivity index (χ1v) is 5.85. The molecule has 100 valence electrons. The summed E-state index contributed by atoms with van der Waals surface area (Å²) in [4.78, 5) is 10.1. The van der Waals surface area contributed by atoms with Gasteiger partial charge in [-0.05, 0) is 25.8 Å². The number of aliphatic hydroxyl groups excluding tert-OH is 1. The molecule has 6 heteroatoms. The Hall–Kier alpha value is -1.82. The summed E-state index contributed by atoms with van der Waals surface area (Å²) in [6, 6.07) is 4.34. The zero-order chi connectivity index (χ0) is 13.8. The summed E-state index contributed by atoms with van der Waals surface area (Å²) in [5.74, 6) is 0. The largest absolute Gasteiger partial charge is 0.397 e. The monoisotopic (exact) mass is 253 g/mol. The topological polar surface area (TPSA) is 101 Å². The van der Waals surface area contributed by atoms with Crippen LogP contribution in [0.15, 0.2) is 18.2 Å². The molecular formula is C12H19N3O3. The first-order valence-electron chi connectivity index (χ1n) is 5.85. The van der Waals surface area contributed by atoms with Crippen LogP contribution in [0.5, 0.6) is 0 Å². The van der Waals surface area contributed by atoms with E-state index in [1.54, 1.807) is 6.07 Å². The number of nitrogens with zero attached hydrogens (tertiary/aromatic N) is 1. The minimum absolute atomic E-state index is 0.0293. The lowest BCUT2D eigenvalue weighted by molar-refractivity contribution is -0.384. The van der Waals surface area contributed by atoms with Gasteiger partial charge in [0.15, 0.2) is 0 Å². The zero-order valence-electron chi connectivity index (χ0n) is 10.6. The van der Waals surface area contributed by atoms with E-state index in [4.69, 9.17) is 10.8 Å². The number of non-ortho nitro benzene ring substituents is 1. The molecule has 0 aromatic heterocycles. The number of rotatable bonds is 6. The molecule has 4 N–H and O–H groups in total. The van der Waals surface area contributed by atoms with Crippen LogP contribution in [0.4, 0.5) is 17.1 Å². The number of nitrogens with two attached hydrogens (primary N) is 1. The summed E-state index contributed by atoms with van der Waals surface area (Å²) < 4.78 is 0. The van der Waals surface area contributed by atoms with Crippen molar-refractivity contribution in [2.45, 2.75) is 32.2 Å². The fraction of sp³-hybridized carbons (Fsp3) is 0.500. The number of nitrogens with one attached hydrogen (secondary N) is 1. The van der Waals surface area contributed by atoms with E-state index in [1.165, 1.54) is 12.1 Å². The molecule has 0 spiro atoms. The molecule has 0 saturated carbocycles. The van der Waals surface area contributed by atoms with Gasteiger partial charge in [0, 0.05) is 24.3 Å². The third-order valence-electron chi connectivity index (χ3n) is 3.13. The summed E-state index contributed by atoms with van der Waals surface area (Å²) in [7, 11) is 0. The van der Waals surface area contributed by atoms with E-state index in [1.807, 2.05) is 13.8 Å². The van der Waals surface area contributed by atoms with Gasteiger partial charge in [0.25, 0.3) is 5.69 Å². The number of nitro groups is 1. The fourth-order valence-corrected chi connectivity index (χ4v) is 1.68. The van der Waals surface area contributed by atoms with Crippen LogP contribution in [0.2, 0.25) is 0 Å². The molecule has 0 radical (unpaired) electrons. The second kappa shape index (κ2) is 5.68. The minimum Gasteiger partial charge on any atom is -0.397 e. The van der Waals surface area contributed by atoms with Gasteiger partial charge in [-0.25, -0.2) is 0 Å². The molecule has 0 bridgehead atoms. The Labute approximate surface area is 106 Å². The first kappa shape index (κ1) is 14.2. The van der Waals surface area contributed by atoms with E-state index in [0.29, 0.717) is 17.8 Å². The summed E-state index contributed by atoms with van der Waals surface area (Å²) >= 11 is 0. The molecule has 0 amide bonds. The summed E-state index contributed by atoms with van der Waals surface area (Å²) in [6.07, 6.45) is 1.39. The molecule has 0 aliphatic heterocycles. The summed E-state index contributed by atoms with van der Waals surface area (Å²) in [6.45, 7) is 4.05. The molecule has 0 saturated heterocycles. The molecule has 18 heavy (non-hydrogen) atoms. The normalized spacial score (nSPS) is 13.9. The van der Waals surface area contributed by atoms with Crippen LogP contribution in [0.3, 0.4) is 0 Å². The third-order valence-corrected chi connectivity index (χ3v) is 3.13. The number of hydrogen-bond acceptors (Lipinski definition) is 5. The highest BCUT2D eigenvalue weighted by Gasteiger charge is 2.22. The maximum atomic E-state index is 10.6. The highest BCUT2D eigenvalue weighted by molar-refractivity contribution is 5.70. The van der Waals surface area contributed by atoms with Crippen molar-refractivity contribution in [2.24, 2.45) is 0 Å². The summed E-state index contributed by atoms with van der Waals surface area (Å²) in [5.41, 5.74) is 6.47. The third kappa shape index (κ3) is 3.33. The predicted octanol–water partition coefficient (Wildman–Crippen LogP) is 2.14. The Bertz CT molecular complexity index is 437. The van der Waals surface area contributed by atoms with Crippen molar-refractivity contribution in [1.29, 1.82) is 0 Å². The summed E-state index contributed by atoms with van der Waals surface area (Å²) in [5, 5.41) is 22.9. The van der Waals surface area contributed by atoms with Crippen molar-refractivity contribution in [3.05, 3.63) is 28.3 Å². The van der Waals surface area contributed by atoms with Crippen LogP contribution < -0.4 is 11.1 Å². The number of nitro benzene ring substituents is 1. The average Bonchev–Trinajstić information content (AvgIpc) is 2.32. The zero-order valence-corrected chi connectivity index (χ0v) is 10.6.